The van der Waals surface area contributed by atoms with Gasteiger partial charge in [-0.3, -0.25) is 4.79 Å². The van der Waals surface area contributed by atoms with E-state index in [1.165, 1.54) is 4.68 Å². The van der Waals surface area contributed by atoms with Gasteiger partial charge in [-0.05, 0) is 19.1 Å². The van der Waals surface area contributed by atoms with Gasteiger partial charge in [0.15, 0.2) is 6.29 Å². The molecule has 82 valence electrons. The van der Waals surface area contributed by atoms with Crippen LogP contribution >= 0.6 is 0 Å². The first kappa shape index (κ1) is 10.4. The van der Waals surface area contributed by atoms with Crippen LogP contribution in [0.4, 0.5) is 0 Å². The summed E-state index contributed by atoms with van der Waals surface area (Å²) in [4.78, 5) is 10.9. The van der Waals surface area contributed by atoms with E-state index in [1.54, 1.807) is 20.1 Å². The van der Waals surface area contributed by atoms with Crippen LogP contribution in [0.15, 0.2) is 24.3 Å². The number of hydrogen-bond acceptors (Lipinski definition) is 4. The van der Waals surface area contributed by atoms with Crippen LogP contribution < -0.4 is 4.74 Å². The molecule has 5 heteroatoms. The van der Waals surface area contributed by atoms with Gasteiger partial charge >= 0.3 is 0 Å². The van der Waals surface area contributed by atoms with E-state index in [2.05, 4.69) is 10.3 Å². The summed E-state index contributed by atoms with van der Waals surface area (Å²) in [5.74, 6) is 0.711. The SMILES string of the molecule is COc1cccc(-n2nnc(C)c2C=O)c1. The molecule has 0 saturated carbocycles. The predicted octanol–water partition coefficient (Wildman–Crippen LogP) is 1.40. The fourth-order valence-electron chi connectivity index (χ4n) is 1.43. The molecule has 0 aliphatic heterocycles. The van der Waals surface area contributed by atoms with E-state index in [-0.39, 0.29) is 0 Å². The number of aromatic nitrogens is 3. The van der Waals surface area contributed by atoms with Crippen molar-refractivity contribution >= 4 is 6.29 Å². The Morgan fingerprint density at radius 2 is 2.25 bits per heavy atom. The molecule has 16 heavy (non-hydrogen) atoms. The minimum absolute atomic E-state index is 0.452. The lowest BCUT2D eigenvalue weighted by Gasteiger charge is -2.04. The Morgan fingerprint density at radius 3 is 2.94 bits per heavy atom. The second-order valence-corrected chi connectivity index (χ2v) is 3.29. The molecule has 0 saturated heterocycles. The zero-order valence-electron chi connectivity index (χ0n) is 9.04. The van der Waals surface area contributed by atoms with Gasteiger partial charge in [0.25, 0.3) is 0 Å². The van der Waals surface area contributed by atoms with Gasteiger partial charge in [0.1, 0.15) is 11.4 Å². The molecule has 2 aromatic rings. The lowest BCUT2D eigenvalue weighted by atomic mass is 10.3. The average molecular weight is 217 g/mol. The number of hydrogen-bond donors (Lipinski definition) is 0. The largest absolute Gasteiger partial charge is 0.497 e. The number of benzene rings is 1. The van der Waals surface area contributed by atoms with Gasteiger partial charge in [-0.25, -0.2) is 4.68 Å². The molecule has 0 aliphatic rings. The molecule has 0 amide bonds. The maximum atomic E-state index is 10.9. The van der Waals surface area contributed by atoms with Crippen molar-refractivity contribution in [3.05, 3.63) is 35.7 Å². The Kier molecular flexibility index (Phi) is 2.68. The van der Waals surface area contributed by atoms with Crippen LogP contribution in [0.1, 0.15) is 16.2 Å². The molecule has 2 rings (SSSR count). The van der Waals surface area contributed by atoms with Crippen LogP contribution in [0.3, 0.4) is 0 Å². The van der Waals surface area contributed by atoms with Gasteiger partial charge in [0.2, 0.25) is 0 Å². The summed E-state index contributed by atoms with van der Waals surface area (Å²) in [7, 11) is 1.59. The molecule has 0 spiro atoms. The van der Waals surface area contributed by atoms with Crippen molar-refractivity contribution in [2.45, 2.75) is 6.92 Å². The molecule has 0 bridgehead atoms. The molecule has 0 unspecified atom stereocenters. The van der Waals surface area contributed by atoms with Crippen molar-refractivity contribution in [1.29, 1.82) is 0 Å². The third-order valence-electron chi connectivity index (χ3n) is 2.29. The quantitative estimate of drug-likeness (QED) is 0.729. The van der Waals surface area contributed by atoms with Crippen LogP contribution in [-0.2, 0) is 0 Å². The highest BCUT2D eigenvalue weighted by atomic mass is 16.5. The number of ether oxygens (including phenoxy) is 1. The Labute approximate surface area is 92.7 Å². The number of aldehydes is 1. The highest BCUT2D eigenvalue weighted by molar-refractivity contribution is 5.74. The van der Waals surface area contributed by atoms with E-state index < -0.39 is 0 Å². The number of carbonyl (C=O) groups excluding carboxylic acids is 1. The highest BCUT2D eigenvalue weighted by Crippen LogP contribution is 2.17. The molecule has 0 radical (unpaired) electrons. The molecule has 0 aliphatic carbocycles. The summed E-state index contributed by atoms with van der Waals surface area (Å²) in [5, 5.41) is 7.77. The minimum Gasteiger partial charge on any atom is -0.497 e. The monoisotopic (exact) mass is 217 g/mol. The maximum Gasteiger partial charge on any atom is 0.170 e. The number of rotatable bonds is 3. The topological polar surface area (TPSA) is 57.0 Å². The second-order valence-electron chi connectivity index (χ2n) is 3.29. The number of nitrogens with zero attached hydrogens (tertiary/aromatic N) is 3. The van der Waals surface area contributed by atoms with Crippen molar-refractivity contribution in [1.82, 2.24) is 15.0 Å². The smallest absolute Gasteiger partial charge is 0.170 e. The van der Waals surface area contributed by atoms with Crippen LogP contribution in [0.5, 0.6) is 5.75 Å². The first-order valence-electron chi connectivity index (χ1n) is 4.78. The molecule has 1 aromatic heterocycles. The van der Waals surface area contributed by atoms with Crippen molar-refractivity contribution in [2.75, 3.05) is 7.11 Å². The van der Waals surface area contributed by atoms with Gasteiger partial charge in [-0.15, -0.1) is 5.10 Å². The summed E-state index contributed by atoms with van der Waals surface area (Å²) in [5.41, 5.74) is 1.81. The lowest BCUT2D eigenvalue weighted by Crippen LogP contribution is -2.02. The predicted molar refractivity (Wildman–Crippen MR) is 58.0 cm³/mol. The molecule has 0 N–H and O–H groups in total. The first-order valence-corrected chi connectivity index (χ1v) is 4.78. The van der Waals surface area contributed by atoms with Gasteiger partial charge in [0.05, 0.1) is 18.5 Å². The van der Waals surface area contributed by atoms with Crippen molar-refractivity contribution in [3.8, 4) is 11.4 Å². The average Bonchev–Trinajstić information content (AvgIpc) is 2.70. The Morgan fingerprint density at radius 1 is 1.44 bits per heavy atom. The summed E-state index contributed by atoms with van der Waals surface area (Å²) < 4.78 is 6.60. The van der Waals surface area contributed by atoms with Crippen molar-refractivity contribution in [3.63, 3.8) is 0 Å². The molecule has 1 heterocycles. The summed E-state index contributed by atoms with van der Waals surface area (Å²) in [6.45, 7) is 1.74. The normalized spacial score (nSPS) is 10.1. The molecule has 0 atom stereocenters. The summed E-state index contributed by atoms with van der Waals surface area (Å²) in [6.07, 6.45) is 0.745. The Hall–Kier alpha value is -2.17. The molecule has 0 fully saturated rings. The second kappa shape index (κ2) is 4.14. The van der Waals surface area contributed by atoms with Crippen molar-refractivity contribution < 1.29 is 9.53 Å². The molecular weight excluding hydrogens is 206 g/mol. The summed E-state index contributed by atoms with van der Waals surface area (Å²) in [6, 6.07) is 7.29. The Bertz CT molecular complexity index is 520. The lowest BCUT2D eigenvalue weighted by molar-refractivity contribution is 0.111. The van der Waals surface area contributed by atoms with E-state index in [4.69, 9.17) is 4.74 Å². The van der Waals surface area contributed by atoms with Crippen LogP contribution in [-0.4, -0.2) is 28.4 Å². The third-order valence-corrected chi connectivity index (χ3v) is 2.29. The summed E-state index contributed by atoms with van der Waals surface area (Å²) >= 11 is 0. The van der Waals surface area contributed by atoms with Crippen molar-refractivity contribution in [2.24, 2.45) is 0 Å². The number of methoxy groups -OCH3 is 1. The zero-order valence-corrected chi connectivity index (χ0v) is 9.04. The van der Waals surface area contributed by atoms with E-state index in [9.17, 15) is 4.79 Å². The van der Waals surface area contributed by atoms with Crippen LogP contribution in [0, 0.1) is 6.92 Å². The molecule has 1 aromatic carbocycles. The van der Waals surface area contributed by atoms with Crippen LogP contribution in [0.2, 0.25) is 0 Å². The van der Waals surface area contributed by atoms with Gasteiger partial charge in [-0.2, -0.15) is 0 Å². The van der Waals surface area contributed by atoms with Gasteiger partial charge in [0, 0.05) is 6.07 Å². The van der Waals surface area contributed by atoms with Crippen LogP contribution in [0.25, 0.3) is 5.69 Å². The standard InChI is InChI=1S/C11H11N3O2/c1-8-11(7-15)14(13-12-8)9-4-3-5-10(6-9)16-2/h3-7H,1-2H3. The van der Waals surface area contributed by atoms with E-state index in [0.29, 0.717) is 17.1 Å². The fraction of sp³-hybridized carbons (Fsp3) is 0.182. The van der Waals surface area contributed by atoms with E-state index in [0.717, 1.165) is 12.0 Å². The first-order chi connectivity index (χ1) is 7.76. The fourth-order valence-corrected chi connectivity index (χ4v) is 1.43. The third kappa shape index (κ3) is 1.67. The minimum atomic E-state index is 0.452. The van der Waals surface area contributed by atoms with E-state index >= 15 is 0 Å². The number of aryl methyl sites for hydroxylation is 1. The molecule has 5 nitrogen and oxygen atoms in total. The zero-order chi connectivity index (χ0) is 11.5. The maximum absolute atomic E-state index is 10.9. The Balaban J connectivity index is 2.53. The number of carbonyl (C=O) groups is 1. The van der Waals surface area contributed by atoms with Gasteiger partial charge < -0.3 is 4.74 Å². The highest BCUT2D eigenvalue weighted by Gasteiger charge is 2.10. The molecular formula is C11H11N3O2. The van der Waals surface area contributed by atoms with Gasteiger partial charge in [-0.1, -0.05) is 11.3 Å². The van der Waals surface area contributed by atoms with E-state index in [1.807, 2.05) is 18.2 Å².